The lowest BCUT2D eigenvalue weighted by Crippen LogP contribution is -2.30. The largest absolute Gasteiger partial charge is 0.497 e. The molecule has 0 atom stereocenters. The van der Waals surface area contributed by atoms with E-state index in [4.69, 9.17) is 10.5 Å². The van der Waals surface area contributed by atoms with Gasteiger partial charge in [0.1, 0.15) is 5.75 Å². The third-order valence-corrected chi connectivity index (χ3v) is 3.07. The molecule has 2 rings (SSSR count). The predicted octanol–water partition coefficient (Wildman–Crippen LogP) is 2.35. The van der Waals surface area contributed by atoms with Crippen LogP contribution in [0.15, 0.2) is 48.5 Å². The van der Waals surface area contributed by atoms with Gasteiger partial charge in [-0.15, -0.1) is 0 Å². The molecular formula is C16H19N3O2. The van der Waals surface area contributed by atoms with Crippen molar-refractivity contribution in [3.05, 3.63) is 48.5 Å². The molecule has 110 valence electrons. The van der Waals surface area contributed by atoms with E-state index in [9.17, 15) is 4.79 Å². The van der Waals surface area contributed by atoms with Crippen LogP contribution in [0, 0.1) is 0 Å². The molecular weight excluding hydrogens is 266 g/mol. The lowest BCUT2D eigenvalue weighted by Gasteiger charge is -2.19. The molecule has 3 N–H and O–H groups in total. The number of anilines is 3. The normalized spacial score (nSPS) is 10.0. The summed E-state index contributed by atoms with van der Waals surface area (Å²) in [6, 6.07) is 14.7. The van der Waals surface area contributed by atoms with Crippen molar-refractivity contribution in [2.75, 3.05) is 36.7 Å². The molecule has 0 spiro atoms. The molecule has 0 aliphatic heterocycles. The monoisotopic (exact) mass is 285 g/mol. The number of hydrogen-bond donors (Lipinski definition) is 2. The summed E-state index contributed by atoms with van der Waals surface area (Å²) in [7, 11) is 3.45. The van der Waals surface area contributed by atoms with E-state index in [1.165, 1.54) is 0 Å². The Kier molecular flexibility index (Phi) is 4.66. The van der Waals surface area contributed by atoms with Crippen molar-refractivity contribution in [3.63, 3.8) is 0 Å². The second-order valence-corrected chi connectivity index (χ2v) is 4.73. The number of benzene rings is 2. The molecule has 21 heavy (non-hydrogen) atoms. The maximum absolute atomic E-state index is 12.0. The number of carbonyl (C=O) groups is 1. The van der Waals surface area contributed by atoms with Crippen LogP contribution in [-0.4, -0.2) is 26.6 Å². The number of hydrogen-bond acceptors (Lipinski definition) is 4. The first-order valence-electron chi connectivity index (χ1n) is 6.59. The van der Waals surface area contributed by atoms with Gasteiger partial charge in [-0.05, 0) is 36.4 Å². The average molecular weight is 285 g/mol. The fraction of sp³-hybridized carbons (Fsp3) is 0.188. The molecule has 0 radical (unpaired) electrons. The van der Waals surface area contributed by atoms with Crippen LogP contribution in [-0.2, 0) is 4.79 Å². The fourth-order valence-corrected chi connectivity index (χ4v) is 1.94. The first kappa shape index (κ1) is 14.7. The van der Waals surface area contributed by atoms with Crippen molar-refractivity contribution >= 4 is 23.0 Å². The highest BCUT2D eigenvalue weighted by Gasteiger charge is 2.08. The summed E-state index contributed by atoms with van der Waals surface area (Å²) < 4.78 is 5.12. The summed E-state index contributed by atoms with van der Waals surface area (Å²) in [5, 5.41) is 2.84. The number of nitrogen functional groups attached to an aromatic ring is 1. The molecule has 0 aliphatic carbocycles. The number of ether oxygens (including phenoxy) is 1. The van der Waals surface area contributed by atoms with E-state index >= 15 is 0 Å². The van der Waals surface area contributed by atoms with Crippen LogP contribution < -0.4 is 20.7 Å². The topological polar surface area (TPSA) is 67.6 Å². The molecule has 2 aromatic carbocycles. The quantitative estimate of drug-likeness (QED) is 0.828. The van der Waals surface area contributed by atoms with Crippen LogP contribution in [0.25, 0.3) is 0 Å². The molecule has 2 aromatic rings. The maximum atomic E-state index is 12.0. The van der Waals surface area contributed by atoms with Crippen molar-refractivity contribution in [1.82, 2.24) is 0 Å². The summed E-state index contributed by atoms with van der Waals surface area (Å²) in [4.78, 5) is 13.9. The summed E-state index contributed by atoms with van der Waals surface area (Å²) in [5.41, 5.74) is 8.00. The maximum Gasteiger partial charge on any atom is 0.243 e. The Morgan fingerprint density at radius 3 is 2.62 bits per heavy atom. The van der Waals surface area contributed by atoms with Crippen molar-refractivity contribution in [2.24, 2.45) is 0 Å². The highest BCUT2D eigenvalue weighted by Crippen LogP contribution is 2.17. The predicted molar refractivity (Wildman–Crippen MR) is 85.7 cm³/mol. The Hall–Kier alpha value is -2.69. The molecule has 5 heteroatoms. The number of carbonyl (C=O) groups excluding carboxylic acids is 1. The molecule has 0 heterocycles. The highest BCUT2D eigenvalue weighted by atomic mass is 16.5. The smallest absolute Gasteiger partial charge is 0.243 e. The van der Waals surface area contributed by atoms with Gasteiger partial charge in [0.2, 0.25) is 5.91 Å². The number of methoxy groups -OCH3 is 1. The minimum atomic E-state index is -0.0948. The molecule has 0 aromatic heterocycles. The third kappa shape index (κ3) is 4.14. The van der Waals surface area contributed by atoms with Gasteiger partial charge in [-0.3, -0.25) is 4.79 Å². The number of nitrogens with two attached hydrogens (primary N) is 1. The minimum absolute atomic E-state index is 0.0948. The zero-order chi connectivity index (χ0) is 15.2. The van der Waals surface area contributed by atoms with E-state index in [1.807, 2.05) is 54.4 Å². The molecule has 0 saturated heterocycles. The molecule has 0 bridgehead atoms. The summed E-state index contributed by atoms with van der Waals surface area (Å²) >= 11 is 0. The van der Waals surface area contributed by atoms with Gasteiger partial charge in [-0.1, -0.05) is 6.07 Å². The van der Waals surface area contributed by atoms with Crippen LogP contribution in [0.2, 0.25) is 0 Å². The van der Waals surface area contributed by atoms with Crippen molar-refractivity contribution in [2.45, 2.75) is 0 Å². The Bertz CT molecular complexity index is 611. The van der Waals surface area contributed by atoms with Gasteiger partial charge in [0, 0.05) is 30.2 Å². The number of nitrogens with one attached hydrogen (secondary N) is 1. The zero-order valence-corrected chi connectivity index (χ0v) is 12.2. The number of amides is 1. The number of rotatable bonds is 5. The van der Waals surface area contributed by atoms with E-state index in [0.29, 0.717) is 17.1 Å². The lowest BCUT2D eigenvalue weighted by atomic mass is 10.2. The van der Waals surface area contributed by atoms with Gasteiger partial charge >= 0.3 is 0 Å². The van der Waals surface area contributed by atoms with Crippen LogP contribution in [0.5, 0.6) is 5.75 Å². The first-order valence-corrected chi connectivity index (χ1v) is 6.59. The van der Waals surface area contributed by atoms with Gasteiger partial charge in [-0.25, -0.2) is 0 Å². The number of nitrogens with zero attached hydrogens (tertiary/aromatic N) is 1. The van der Waals surface area contributed by atoms with Gasteiger partial charge in [0.15, 0.2) is 0 Å². The van der Waals surface area contributed by atoms with Crippen LogP contribution in [0.3, 0.4) is 0 Å². The molecule has 0 fully saturated rings. The SMILES string of the molecule is COc1cccc(NC(=O)CN(C)c2ccc(N)cc2)c1. The molecule has 5 nitrogen and oxygen atoms in total. The van der Waals surface area contributed by atoms with Crippen LogP contribution in [0.1, 0.15) is 0 Å². The minimum Gasteiger partial charge on any atom is -0.497 e. The van der Waals surface area contributed by atoms with Crippen molar-refractivity contribution in [3.8, 4) is 5.75 Å². The lowest BCUT2D eigenvalue weighted by molar-refractivity contribution is -0.114. The summed E-state index contributed by atoms with van der Waals surface area (Å²) in [6.07, 6.45) is 0. The van der Waals surface area contributed by atoms with Gasteiger partial charge in [-0.2, -0.15) is 0 Å². The second kappa shape index (κ2) is 6.65. The van der Waals surface area contributed by atoms with E-state index in [2.05, 4.69) is 5.32 Å². The highest BCUT2D eigenvalue weighted by molar-refractivity contribution is 5.94. The Labute approximate surface area is 124 Å². The van der Waals surface area contributed by atoms with Gasteiger partial charge in [0.05, 0.1) is 13.7 Å². The van der Waals surface area contributed by atoms with Crippen molar-refractivity contribution < 1.29 is 9.53 Å². The van der Waals surface area contributed by atoms with Crippen molar-refractivity contribution in [1.29, 1.82) is 0 Å². The van der Waals surface area contributed by atoms with Gasteiger partial charge in [0.25, 0.3) is 0 Å². The Morgan fingerprint density at radius 2 is 1.95 bits per heavy atom. The molecule has 0 saturated carbocycles. The Morgan fingerprint density at radius 1 is 1.24 bits per heavy atom. The molecule has 1 amide bonds. The standard InChI is InChI=1S/C16H19N3O2/c1-19(14-8-6-12(17)7-9-14)11-16(20)18-13-4-3-5-15(10-13)21-2/h3-10H,11,17H2,1-2H3,(H,18,20). The zero-order valence-electron chi connectivity index (χ0n) is 12.2. The van der Waals surface area contributed by atoms with Crippen LogP contribution >= 0.6 is 0 Å². The third-order valence-electron chi connectivity index (χ3n) is 3.07. The Balaban J connectivity index is 1.96. The number of likely N-dealkylation sites (N-methyl/N-ethyl adjacent to an activating group) is 1. The fourth-order valence-electron chi connectivity index (χ4n) is 1.94. The summed E-state index contributed by atoms with van der Waals surface area (Å²) in [5.74, 6) is 0.613. The van der Waals surface area contributed by atoms with Crippen LogP contribution in [0.4, 0.5) is 17.1 Å². The van der Waals surface area contributed by atoms with E-state index < -0.39 is 0 Å². The average Bonchev–Trinajstić information content (AvgIpc) is 2.47. The second-order valence-electron chi connectivity index (χ2n) is 4.73. The summed E-state index contributed by atoms with van der Waals surface area (Å²) in [6.45, 7) is 0.251. The molecule has 0 aliphatic rings. The molecule has 0 unspecified atom stereocenters. The van der Waals surface area contributed by atoms with E-state index in [0.717, 1.165) is 5.69 Å². The first-order chi connectivity index (χ1) is 10.1. The van der Waals surface area contributed by atoms with E-state index in [1.54, 1.807) is 13.2 Å². The van der Waals surface area contributed by atoms with E-state index in [-0.39, 0.29) is 12.5 Å². The van der Waals surface area contributed by atoms with Gasteiger partial charge < -0.3 is 20.7 Å².